The number of benzene rings is 1. The minimum Gasteiger partial charge on any atom is -0.444 e. The fourth-order valence-electron chi connectivity index (χ4n) is 3.05. The molecule has 118 valence electrons. The van der Waals surface area contributed by atoms with Crippen LogP contribution in [0.2, 0.25) is 0 Å². The van der Waals surface area contributed by atoms with E-state index in [-0.39, 0.29) is 16.5 Å². The van der Waals surface area contributed by atoms with Crippen molar-refractivity contribution in [3.05, 3.63) is 35.9 Å². The molecule has 1 aromatic rings. The number of hydrogen-bond acceptors (Lipinski definition) is 4. The zero-order valence-electron chi connectivity index (χ0n) is 12.2. The highest BCUT2D eigenvalue weighted by Gasteiger charge is 2.54. The number of alkyl halides is 1. The van der Waals surface area contributed by atoms with Gasteiger partial charge in [0.2, 0.25) is 5.72 Å². The highest BCUT2D eigenvalue weighted by Crippen LogP contribution is 2.42. The number of likely N-dealkylation sites (tertiary alicyclic amines) is 1. The number of rotatable bonds is 2. The minimum absolute atomic E-state index is 0.106. The molecule has 22 heavy (non-hydrogen) atoms. The van der Waals surface area contributed by atoms with Crippen molar-refractivity contribution in [3.8, 4) is 0 Å². The second-order valence-corrected chi connectivity index (χ2v) is 7.12. The summed E-state index contributed by atoms with van der Waals surface area (Å²) >= 11 is 2.28. The summed E-state index contributed by atoms with van der Waals surface area (Å²) in [5.41, 5.74) is 0.125. The summed E-state index contributed by atoms with van der Waals surface area (Å²) in [4.78, 5) is 25.7. The molecule has 0 unspecified atom stereocenters. The lowest BCUT2D eigenvalue weighted by Crippen LogP contribution is -2.60. The molecule has 5 nitrogen and oxygen atoms in total. The molecule has 2 saturated heterocycles. The first-order valence-electron chi connectivity index (χ1n) is 7.46. The Kier molecular flexibility index (Phi) is 4.56. The quantitative estimate of drug-likeness (QED) is 0.423. The number of carbonyl (C=O) groups excluding carboxylic acids is 2. The van der Waals surface area contributed by atoms with Gasteiger partial charge in [-0.3, -0.25) is 9.69 Å². The summed E-state index contributed by atoms with van der Waals surface area (Å²) in [6, 6.07) is 9.56. The fourth-order valence-corrected chi connectivity index (χ4v) is 4.26. The van der Waals surface area contributed by atoms with E-state index in [9.17, 15) is 9.59 Å². The van der Waals surface area contributed by atoms with Crippen LogP contribution in [0, 0.1) is 0 Å². The van der Waals surface area contributed by atoms with Crippen LogP contribution in [0.4, 0.5) is 4.79 Å². The number of carbonyl (C=O) groups is 2. The largest absolute Gasteiger partial charge is 0.444 e. The molecule has 0 saturated carbocycles. The van der Waals surface area contributed by atoms with Gasteiger partial charge in [-0.25, -0.2) is 4.79 Å². The zero-order valence-corrected chi connectivity index (χ0v) is 14.3. The van der Waals surface area contributed by atoms with E-state index in [4.69, 9.17) is 9.47 Å². The van der Waals surface area contributed by atoms with Gasteiger partial charge in [-0.05, 0) is 18.4 Å². The predicted molar refractivity (Wildman–Crippen MR) is 88.4 cm³/mol. The van der Waals surface area contributed by atoms with Gasteiger partial charge in [0, 0.05) is 13.0 Å². The Morgan fingerprint density at radius 2 is 2.18 bits per heavy atom. The Morgan fingerprint density at radius 3 is 2.86 bits per heavy atom. The smallest absolute Gasteiger partial charge is 0.413 e. The van der Waals surface area contributed by atoms with Gasteiger partial charge in [0.25, 0.3) is 0 Å². The second-order valence-electron chi connectivity index (χ2n) is 5.62. The van der Waals surface area contributed by atoms with Crippen molar-refractivity contribution in [2.75, 3.05) is 6.54 Å². The first kappa shape index (κ1) is 15.6. The van der Waals surface area contributed by atoms with Gasteiger partial charge in [-0.2, -0.15) is 0 Å². The molecule has 0 aliphatic carbocycles. The van der Waals surface area contributed by atoms with Crippen molar-refractivity contribution in [2.45, 2.75) is 41.9 Å². The summed E-state index contributed by atoms with van der Waals surface area (Å²) in [5, 5.41) is 0. The van der Waals surface area contributed by atoms with E-state index in [0.29, 0.717) is 19.4 Å². The second kappa shape index (κ2) is 6.44. The Balaban J connectivity index is 1.71. The standard InChI is InChI=1S/C16H18INO4/c17-13-7-4-10-18(16(13)9-8-14(19)22-16)15(20)21-11-12-5-2-1-3-6-12/h1-3,5-6,13H,4,7-11H2/t13-,16-/m0/s1. The lowest BCUT2D eigenvalue weighted by atomic mass is 9.96. The average Bonchev–Trinajstić information content (AvgIpc) is 2.91. The van der Waals surface area contributed by atoms with Crippen molar-refractivity contribution < 1.29 is 19.1 Å². The summed E-state index contributed by atoms with van der Waals surface area (Å²) < 4.78 is 11.1. The van der Waals surface area contributed by atoms with Crippen LogP contribution < -0.4 is 0 Å². The molecule has 1 amide bonds. The molecule has 2 heterocycles. The average molecular weight is 415 g/mol. The monoisotopic (exact) mass is 415 g/mol. The third-order valence-corrected chi connectivity index (χ3v) is 5.79. The van der Waals surface area contributed by atoms with Gasteiger partial charge < -0.3 is 9.47 Å². The number of ether oxygens (including phenoxy) is 2. The summed E-state index contributed by atoms with van der Waals surface area (Å²) in [7, 11) is 0. The SMILES string of the molecule is O=C1CC[C@]2(O1)[C@@H](I)CCCN2C(=O)OCc1ccccc1. The molecule has 2 atom stereocenters. The van der Waals surface area contributed by atoms with Gasteiger partial charge in [-0.15, -0.1) is 0 Å². The number of nitrogens with zero attached hydrogens (tertiary/aromatic N) is 1. The zero-order chi connectivity index (χ0) is 15.6. The van der Waals surface area contributed by atoms with Crippen LogP contribution in [0.5, 0.6) is 0 Å². The van der Waals surface area contributed by atoms with Crippen LogP contribution >= 0.6 is 22.6 Å². The van der Waals surface area contributed by atoms with Crippen molar-refractivity contribution in [1.29, 1.82) is 0 Å². The highest BCUT2D eigenvalue weighted by molar-refractivity contribution is 14.1. The summed E-state index contributed by atoms with van der Waals surface area (Å²) in [6.45, 7) is 0.798. The molecule has 0 aromatic heterocycles. The van der Waals surface area contributed by atoms with Crippen molar-refractivity contribution in [3.63, 3.8) is 0 Å². The molecule has 6 heteroatoms. The first-order chi connectivity index (χ1) is 10.6. The Morgan fingerprint density at radius 1 is 1.41 bits per heavy atom. The molecule has 0 radical (unpaired) electrons. The molecular formula is C16H18INO4. The molecule has 3 rings (SSSR count). The lowest BCUT2D eigenvalue weighted by molar-refractivity contribution is -0.167. The van der Waals surface area contributed by atoms with Crippen LogP contribution in [-0.2, 0) is 20.9 Å². The van der Waals surface area contributed by atoms with Gasteiger partial charge in [0.05, 0.1) is 10.3 Å². The van der Waals surface area contributed by atoms with E-state index in [1.54, 1.807) is 4.90 Å². The van der Waals surface area contributed by atoms with Gasteiger partial charge >= 0.3 is 12.1 Å². The Bertz CT molecular complexity index is 565. The molecule has 0 N–H and O–H groups in total. The van der Waals surface area contributed by atoms with E-state index in [2.05, 4.69) is 22.6 Å². The van der Waals surface area contributed by atoms with Crippen LogP contribution in [-0.4, -0.2) is 33.2 Å². The van der Waals surface area contributed by atoms with Crippen LogP contribution in [0.3, 0.4) is 0 Å². The maximum absolute atomic E-state index is 12.5. The van der Waals surface area contributed by atoms with E-state index < -0.39 is 11.8 Å². The Labute approximate surface area is 143 Å². The molecule has 1 aromatic carbocycles. The van der Waals surface area contributed by atoms with Crippen molar-refractivity contribution in [1.82, 2.24) is 4.90 Å². The van der Waals surface area contributed by atoms with Crippen molar-refractivity contribution >= 4 is 34.7 Å². The number of halogens is 1. The topological polar surface area (TPSA) is 55.8 Å². The van der Waals surface area contributed by atoms with E-state index in [0.717, 1.165) is 18.4 Å². The van der Waals surface area contributed by atoms with Crippen LogP contribution in [0.15, 0.2) is 30.3 Å². The third-order valence-electron chi connectivity index (χ3n) is 4.19. The van der Waals surface area contributed by atoms with Crippen LogP contribution in [0.25, 0.3) is 0 Å². The third kappa shape index (κ3) is 2.93. The Hall–Kier alpha value is -1.31. The van der Waals surface area contributed by atoms with E-state index in [1.165, 1.54) is 0 Å². The molecule has 2 aliphatic heterocycles. The number of amides is 1. The van der Waals surface area contributed by atoms with E-state index >= 15 is 0 Å². The highest BCUT2D eigenvalue weighted by atomic mass is 127. The predicted octanol–water partition coefficient (Wildman–Crippen LogP) is 3.26. The van der Waals surface area contributed by atoms with Crippen molar-refractivity contribution in [2.24, 2.45) is 0 Å². The molecule has 2 fully saturated rings. The van der Waals surface area contributed by atoms with Gasteiger partial charge in [0.15, 0.2) is 0 Å². The fraction of sp³-hybridized carbons (Fsp3) is 0.500. The molecular weight excluding hydrogens is 397 g/mol. The number of esters is 1. The maximum atomic E-state index is 12.5. The normalized spacial score (nSPS) is 27.8. The molecule has 2 aliphatic rings. The maximum Gasteiger partial charge on any atom is 0.413 e. The summed E-state index contributed by atoms with van der Waals surface area (Å²) in [6.07, 6.45) is 2.35. The molecule has 0 bridgehead atoms. The summed E-state index contributed by atoms with van der Waals surface area (Å²) in [5.74, 6) is -0.232. The van der Waals surface area contributed by atoms with Crippen LogP contribution in [0.1, 0.15) is 31.2 Å². The van der Waals surface area contributed by atoms with Gasteiger partial charge in [0.1, 0.15) is 6.61 Å². The number of piperidine rings is 1. The lowest BCUT2D eigenvalue weighted by Gasteiger charge is -2.45. The number of hydrogen-bond donors (Lipinski definition) is 0. The molecule has 1 spiro atoms. The van der Waals surface area contributed by atoms with E-state index in [1.807, 2.05) is 30.3 Å². The van der Waals surface area contributed by atoms with Gasteiger partial charge in [-0.1, -0.05) is 52.9 Å². The first-order valence-corrected chi connectivity index (χ1v) is 8.70. The minimum atomic E-state index is -0.816.